The predicted molar refractivity (Wildman–Crippen MR) is 173 cm³/mol. The number of aromatic nitrogens is 2. The van der Waals surface area contributed by atoms with Crippen molar-refractivity contribution in [2.75, 3.05) is 44.2 Å². The molecule has 3 saturated carbocycles. The minimum atomic E-state index is -0.501. The minimum Gasteiger partial charge on any atom is -0.508 e. The zero-order valence-corrected chi connectivity index (χ0v) is 25.9. The van der Waals surface area contributed by atoms with E-state index in [0.29, 0.717) is 57.4 Å². The van der Waals surface area contributed by atoms with E-state index in [4.69, 9.17) is 14.7 Å². The standard InChI is InChI=1S/C37H39F2N5O2/c38-30-8-3-21-12-26(45)13-29(31(21)32(30)20-1-2-20)27-6-7-28-34(33(27)39)41-36(42-35(28)44-16-24-4-5-25(17-44)40-24)46-19-37(9-10-37)18-43-14-22-11-23(22)15-43/h3,6-8,12-13,20,22-25,40,45H,1-2,4-5,9-11,14-19H2. The lowest BCUT2D eigenvalue weighted by atomic mass is 9.91. The molecule has 1 aromatic heterocycles. The van der Waals surface area contributed by atoms with Crippen molar-refractivity contribution in [1.29, 1.82) is 0 Å². The molecule has 3 saturated heterocycles. The van der Waals surface area contributed by atoms with Gasteiger partial charge in [0.25, 0.3) is 0 Å². The number of hydrogen-bond donors (Lipinski definition) is 2. The van der Waals surface area contributed by atoms with Crippen molar-refractivity contribution in [1.82, 2.24) is 20.2 Å². The van der Waals surface area contributed by atoms with Gasteiger partial charge in [0.2, 0.25) is 0 Å². The molecule has 4 atom stereocenters. The topological polar surface area (TPSA) is 73.8 Å². The predicted octanol–water partition coefficient (Wildman–Crippen LogP) is 6.36. The van der Waals surface area contributed by atoms with E-state index in [0.717, 1.165) is 70.0 Å². The van der Waals surface area contributed by atoms with Crippen molar-refractivity contribution in [2.24, 2.45) is 17.3 Å². The van der Waals surface area contributed by atoms with E-state index in [2.05, 4.69) is 15.1 Å². The Morgan fingerprint density at radius 2 is 1.70 bits per heavy atom. The molecule has 238 valence electrons. The molecule has 10 rings (SSSR count). The normalized spacial score (nSPS) is 27.8. The lowest BCUT2D eigenvalue weighted by Gasteiger charge is -2.34. The van der Waals surface area contributed by atoms with Crippen LogP contribution in [0.25, 0.3) is 32.8 Å². The number of nitrogens with zero attached hydrogens (tertiary/aromatic N) is 4. The SMILES string of the molecule is Oc1cc(-c2ccc3c(N4CC5CCC(C4)N5)nc(OCC4(CN5CC6CC6C5)CC4)nc3c2F)c2c(C3CC3)c(F)ccc2c1. The fourth-order valence-electron chi connectivity index (χ4n) is 8.89. The molecular weight excluding hydrogens is 584 g/mol. The Kier molecular flexibility index (Phi) is 5.97. The monoisotopic (exact) mass is 623 g/mol. The van der Waals surface area contributed by atoms with E-state index < -0.39 is 5.82 Å². The molecule has 3 aliphatic heterocycles. The van der Waals surface area contributed by atoms with Crippen LogP contribution in [0, 0.1) is 28.9 Å². The molecule has 0 radical (unpaired) electrons. The lowest BCUT2D eigenvalue weighted by Crippen LogP contribution is -2.51. The zero-order valence-electron chi connectivity index (χ0n) is 25.9. The van der Waals surface area contributed by atoms with E-state index in [1.54, 1.807) is 24.3 Å². The Morgan fingerprint density at radius 1 is 0.913 bits per heavy atom. The van der Waals surface area contributed by atoms with E-state index in [-0.39, 0.29) is 34.4 Å². The average molecular weight is 624 g/mol. The molecule has 6 aliphatic rings. The van der Waals surface area contributed by atoms with Crippen LogP contribution in [-0.2, 0) is 0 Å². The van der Waals surface area contributed by atoms with E-state index in [1.807, 2.05) is 6.07 Å². The lowest BCUT2D eigenvalue weighted by molar-refractivity contribution is 0.163. The number of anilines is 1. The number of phenolic OH excluding ortho intramolecular Hbond substituents is 1. The molecule has 9 heteroatoms. The number of piperidine rings is 1. The third-order valence-corrected chi connectivity index (χ3v) is 11.7. The summed E-state index contributed by atoms with van der Waals surface area (Å²) in [5, 5.41) is 16.4. The molecule has 4 unspecified atom stereocenters. The maximum atomic E-state index is 17.0. The first-order valence-electron chi connectivity index (χ1n) is 17.2. The van der Waals surface area contributed by atoms with Crippen molar-refractivity contribution in [3.8, 4) is 22.9 Å². The van der Waals surface area contributed by atoms with Gasteiger partial charge in [0.05, 0.1) is 6.61 Å². The molecule has 4 heterocycles. The van der Waals surface area contributed by atoms with Gasteiger partial charge in [-0.2, -0.15) is 9.97 Å². The highest BCUT2D eigenvalue weighted by Gasteiger charge is 2.51. The van der Waals surface area contributed by atoms with Crippen LogP contribution in [0.1, 0.15) is 56.4 Å². The Labute approximate surface area is 266 Å². The van der Waals surface area contributed by atoms with Crippen LogP contribution in [0.2, 0.25) is 0 Å². The van der Waals surface area contributed by atoms with Crippen LogP contribution in [0.15, 0.2) is 36.4 Å². The second kappa shape index (κ2) is 9.97. The summed E-state index contributed by atoms with van der Waals surface area (Å²) in [7, 11) is 0. The van der Waals surface area contributed by atoms with Gasteiger partial charge in [-0.3, -0.25) is 0 Å². The van der Waals surface area contributed by atoms with E-state index in [9.17, 15) is 5.11 Å². The van der Waals surface area contributed by atoms with Crippen molar-refractivity contribution in [3.63, 3.8) is 0 Å². The zero-order chi connectivity index (χ0) is 30.7. The number of halogens is 2. The van der Waals surface area contributed by atoms with Crippen LogP contribution < -0.4 is 15.0 Å². The molecule has 46 heavy (non-hydrogen) atoms. The largest absolute Gasteiger partial charge is 0.508 e. The summed E-state index contributed by atoms with van der Waals surface area (Å²) >= 11 is 0. The summed E-state index contributed by atoms with van der Waals surface area (Å²) in [5.74, 6) is 1.85. The fraction of sp³-hybridized carbons (Fsp3) is 0.514. The number of fused-ring (bicyclic) bond motifs is 5. The number of aromatic hydroxyl groups is 1. The first kappa shape index (κ1) is 27.5. The Bertz CT molecular complexity index is 1890. The van der Waals surface area contributed by atoms with Gasteiger partial charge in [-0.15, -0.1) is 0 Å². The Morgan fingerprint density at radius 3 is 2.43 bits per heavy atom. The van der Waals surface area contributed by atoms with Crippen LogP contribution in [0.3, 0.4) is 0 Å². The number of benzene rings is 3. The van der Waals surface area contributed by atoms with Crippen molar-refractivity contribution in [3.05, 3.63) is 53.6 Å². The van der Waals surface area contributed by atoms with Crippen LogP contribution in [0.5, 0.6) is 11.8 Å². The van der Waals surface area contributed by atoms with Gasteiger partial charge < -0.3 is 25.0 Å². The average Bonchev–Trinajstić information content (AvgIpc) is 4.00. The summed E-state index contributed by atoms with van der Waals surface area (Å²) in [6.07, 6.45) is 7.70. The molecule has 3 aliphatic carbocycles. The number of phenols is 1. The molecule has 2 N–H and O–H groups in total. The molecule has 0 amide bonds. The highest BCUT2D eigenvalue weighted by Crippen LogP contribution is 2.51. The first-order valence-corrected chi connectivity index (χ1v) is 17.2. The molecule has 3 aromatic carbocycles. The summed E-state index contributed by atoms with van der Waals surface area (Å²) < 4.78 is 38.7. The molecule has 6 fully saturated rings. The van der Waals surface area contributed by atoms with Gasteiger partial charge in [-0.25, -0.2) is 8.78 Å². The smallest absolute Gasteiger partial charge is 0.319 e. The second-order valence-corrected chi connectivity index (χ2v) is 15.3. The number of nitrogens with one attached hydrogen (secondary N) is 1. The minimum absolute atomic E-state index is 0.0177. The fourth-order valence-corrected chi connectivity index (χ4v) is 8.89. The quantitative estimate of drug-likeness (QED) is 0.237. The van der Waals surface area contributed by atoms with Gasteiger partial charge in [0.15, 0.2) is 5.82 Å². The molecule has 2 bridgehead atoms. The van der Waals surface area contributed by atoms with Crippen LogP contribution in [0.4, 0.5) is 14.6 Å². The number of piperazine rings is 1. The van der Waals surface area contributed by atoms with Gasteiger partial charge in [-0.1, -0.05) is 12.1 Å². The number of likely N-dealkylation sites (tertiary alicyclic amines) is 1. The highest BCUT2D eigenvalue weighted by molar-refractivity contribution is 6.03. The Hall–Kier alpha value is -3.56. The summed E-state index contributed by atoms with van der Waals surface area (Å²) in [6, 6.07) is 10.9. The maximum Gasteiger partial charge on any atom is 0.319 e. The molecule has 7 nitrogen and oxygen atoms in total. The summed E-state index contributed by atoms with van der Waals surface area (Å²) in [6.45, 7) is 5.59. The van der Waals surface area contributed by atoms with E-state index in [1.165, 1.54) is 25.6 Å². The Balaban J connectivity index is 1.07. The highest BCUT2D eigenvalue weighted by atomic mass is 19.1. The number of ether oxygens (including phenoxy) is 1. The second-order valence-electron chi connectivity index (χ2n) is 15.3. The first-order chi connectivity index (χ1) is 22.4. The summed E-state index contributed by atoms with van der Waals surface area (Å²) in [4.78, 5) is 14.6. The number of rotatable bonds is 8. The van der Waals surface area contributed by atoms with Crippen LogP contribution >= 0.6 is 0 Å². The van der Waals surface area contributed by atoms with Gasteiger partial charge >= 0.3 is 6.01 Å². The van der Waals surface area contributed by atoms with Crippen molar-refractivity contribution < 1.29 is 18.6 Å². The number of hydrogen-bond acceptors (Lipinski definition) is 7. The van der Waals surface area contributed by atoms with Gasteiger partial charge in [-0.05, 0) is 109 Å². The molecule has 4 aromatic rings. The molecular formula is C37H39F2N5O2. The third kappa shape index (κ3) is 4.64. The molecule has 0 spiro atoms. The maximum absolute atomic E-state index is 17.0. The van der Waals surface area contributed by atoms with Crippen LogP contribution in [-0.4, -0.2) is 71.4 Å². The third-order valence-electron chi connectivity index (χ3n) is 11.7. The van der Waals surface area contributed by atoms with Gasteiger partial charge in [0, 0.05) is 61.2 Å². The van der Waals surface area contributed by atoms with Crippen molar-refractivity contribution in [2.45, 2.75) is 62.9 Å². The van der Waals surface area contributed by atoms with Crippen molar-refractivity contribution >= 4 is 27.5 Å². The van der Waals surface area contributed by atoms with E-state index >= 15 is 8.78 Å². The van der Waals surface area contributed by atoms with Gasteiger partial charge in [0.1, 0.15) is 22.9 Å². The summed E-state index contributed by atoms with van der Waals surface area (Å²) in [5.41, 5.74) is 1.71.